The van der Waals surface area contributed by atoms with Crippen LogP contribution in [0.1, 0.15) is 27.7 Å². The molecule has 1 fully saturated rings. The molecule has 0 aliphatic carbocycles. The molecule has 1 rings (SSSR count). The van der Waals surface area contributed by atoms with Crippen LogP contribution in [0.3, 0.4) is 0 Å². The minimum Gasteiger partial charge on any atom is -0.377 e. The Morgan fingerprint density at radius 3 is 1.94 bits per heavy atom. The van der Waals surface area contributed by atoms with Crippen LogP contribution < -0.4 is 0 Å². The normalized spacial score (nSPS) is 16.7. The van der Waals surface area contributed by atoms with Crippen molar-refractivity contribution in [2.24, 2.45) is 0 Å². The van der Waals surface area contributed by atoms with E-state index in [0.717, 1.165) is 0 Å². The van der Waals surface area contributed by atoms with E-state index in [4.69, 9.17) is 0 Å². The van der Waals surface area contributed by atoms with E-state index in [2.05, 4.69) is 0 Å². The van der Waals surface area contributed by atoms with Crippen molar-refractivity contribution in [3.05, 3.63) is 11.8 Å². The maximum absolute atomic E-state index is 12.1. The molecule has 0 N–H and O–H groups in total. The van der Waals surface area contributed by atoms with Gasteiger partial charge >= 0.3 is 0 Å². The Bertz CT molecular complexity index is 344. The predicted octanol–water partition coefficient (Wildman–Crippen LogP) is 1.48. The maximum Gasteiger partial charge on any atom is 0.272 e. The van der Waals surface area contributed by atoms with Gasteiger partial charge in [0.05, 0.1) is 12.1 Å². The molecule has 0 radical (unpaired) electrons. The van der Waals surface area contributed by atoms with Gasteiger partial charge in [0.1, 0.15) is 5.57 Å². The number of carbonyl (C=O) groups is 2. The van der Waals surface area contributed by atoms with Crippen molar-refractivity contribution in [3.63, 3.8) is 0 Å². The van der Waals surface area contributed by atoms with E-state index in [1.54, 1.807) is 14.8 Å². The van der Waals surface area contributed by atoms with Gasteiger partial charge in [-0.3, -0.25) is 18.2 Å². The molecule has 1 aliphatic heterocycles. The summed E-state index contributed by atoms with van der Waals surface area (Å²) in [4.78, 5) is 26.2. The third-order valence-corrected chi connectivity index (χ3v) is 4.07. The van der Waals surface area contributed by atoms with Crippen molar-refractivity contribution >= 4 is 23.9 Å². The molecular formula is C12H21N3O2S. The van der Waals surface area contributed by atoms with Crippen molar-refractivity contribution in [2.45, 2.75) is 33.7 Å². The summed E-state index contributed by atoms with van der Waals surface area (Å²) in [5.74, 6) is -0.408. The topological polar surface area (TPSA) is 43.9 Å². The van der Waals surface area contributed by atoms with Crippen LogP contribution in [0.5, 0.6) is 0 Å². The van der Waals surface area contributed by atoms with E-state index in [9.17, 15) is 9.59 Å². The van der Waals surface area contributed by atoms with E-state index in [1.165, 1.54) is 12.1 Å². The lowest BCUT2D eigenvalue weighted by atomic mass is 10.2. The smallest absolute Gasteiger partial charge is 0.272 e. The minimum absolute atomic E-state index is 0.204. The zero-order chi connectivity index (χ0) is 13.9. The van der Waals surface area contributed by atoms with Crippen LogP contribution in [0, 0.1) is 0 Å². The zero-order valence-electron chi connectivity index (χ0n) is 11.6. The Morgan fingerprint density at radius 1 is 1.17 bits per heavy atom. The fraction of sp³-hybridized carbons (Fsp3) is 0.667. The van der Waals surface area contributed by atoms with Gasteiger partial charge in [0, 0.05) is 32.4 Å². The van der Waals surface area contributed by atoms with Gasteiger partial charge in [0.2, 0.25) is 0 Å². The highest BCUT2D eigenvalue weighted by molar-refractivity contribution is 7.96. The Labute approximate surface area is 113 Å². The van der Waals surface area contributed by atoms with E-state index in [1.807, 2.05) is 39.6 Å². The molecule has 6 heteroatoms. The van der Waals surface area contributed by atoms with Crippen LogP contribution in [-0.4, -0.2) is 51.5 Å². The van der Waals surface area contributed by atoms with Crippen LogP contribution in [0.25, 0.3) is 0 Å². The molecule has 0 aromatic rings. The van der Waals surface area contributed by atoms with Crippen molar-refractivity contribution in [1.29, 1.82) is 0 Å². The Kier molecular flexibility index (Phi) is 5.07. The number of carbonyl (C=O) groups excluding carboxylic acids is 2. The average Bonchev–Trinajstić information content (AvgIpc) is 2.34. The van der Waals surface area contributed by atoms with E-state index in [-0.39, 0.29) is 23.4 Å². The number of likely N-dealkylation sites (N-methyl/N-ethyl adjacent to an activating group) is 2. The Morgan fingerprint density at radius 2 is 1.61 bits per heavy atom. The van der Waals surface area contributed by atoms with Crippen molar-refractivity contribution in [1.82, 2.24) is 13.5 Å². The lowest BCUT2D eigenvalue weighted by Gasteiger charge is -2.33. The molecule has 0 spiro atoms. The van der Waals surface area contributed by atoms with Crippen LogP contribution in [0.2, 0.25) is 0 Å². The highest BCUT2D eigenvalue weighted by atomic mass is 32.2. The molecule has 102 valence electrons. The highest BCUT2D eigenvalue weighted by Gasteiger charge is 2.35. The van der Waals surface area contributed by atoms with Gasteiger partial charge in [0.15, 0.2) is 0 Å². The second kappa shape index (κ2) is 6.13. The van der Waals surface area contributed by atoms with Gasteiger partial charge < -0.3 is 4.90 Å². The van der Waals surface area contributed by atoms with E-state index < -0.39 is 0 Å². The summed E-state index contributed by atoms with van der Waals surface area (Å²) in [7, 11) is 1.87. The van der Waals surface area contributed by atoms with Crippen molar-refractivity contribution in [2.75, 3.05) is 20.1 Å². The summed E-state index contributed by atoms with van der Waals surface area (Å²) in [5.41, 5.74) is 0.244. The monoisotopic (exact) mass is 271 g/mol. The molecule has 2 amide bonds. The zero-order valence-corrected chi connectivity index (χ0v) is 12.5. The molecule has 0 unspecified atom stereocenters. The quantitative estimate of drug-likeness (QED) is 0.441. The second-order valence-corrected chi connectivity index (χ2v) is 5.43. The van der Waals surface area contributed by atoms with Crippen LogP contribution in [0.15, 0.2) is 11.8 Å². The standard InChI is InChI=1S/C12H21N3O2S/c1-6-14-11(16)10(8-13(5)9(3)4)12(17)15(7-2)18-14/h8-9H,6-7H2,1-5H3. The highest BCUT2D eigenvalue weighted by Crippen LogP contribution is 2.27. The molecule has 0 aromatic heterocycles. The second-order valence-electron chi connectivity index (χ2n) is 4.38. The molecular weight excluding hydrogens is 250 g/mol. The first-order chi connectivity index (χ1) is 8.42. The van der Waals surface area contributed by atoms with Crippen molar-refractivity contribution < 1.29 is 9.59 Å². The van der Waals surface area contributed by atoms with Gasteiger partial charge in [-0.05, 0) is 27.7 Å². The molecule has 0 saturated carbocycles. The summed E-state index contributed by atoms with van der Waals surface area (Å²) in [5, 5.41) is 0. The first-order valence-corrected chi connectivity index (χ1v) is 6.90. The summed E-state index contributed by atoms with van der Waals surface area (Å²) < 4.78 is 3.20. The lowest BCUT2D eigenvalue weighted by molar-refractivity contribution is -0.130. The predicted molar refractivity (Wildman–Crippen MR) is 73.3 cm³/mol. The van der Waals surface area contributed by atoms with Gasteiger partial charge in [-0.15, -0.1) is 0 Å². The fourth-order valence-electron chi connectivity index (χ4n) is 1.42. The van der Waals surface area contributed by atoms with Gasteiger partial charge in [-0.2, -0.15) is 0 Å². The molecule has 0 aromatic carbocycles. The third kappa shape index (κ3) is 2.98. The number of rotatable bonds is 4. The lowest BCUT2D eigenvalue weighted by Crippen LogP contribution is -2.44. The van der Waals surface area contributed by atoms with E-state index >= 15 is 0 Å². The first-order valence-electron chi connectivity index (χ1n) is 6.17. The Balaban J connectivity index is 3.04. The molecule has 0 atom stereocenters. The molecule has 1 aliphatic rings. The van der Waals surface area contributed by atoms with Gasteiger partial charge in [0.25, 0.3) is 11.8 Å². The third-order valence-electron chi connectivity index (χ3n) is 2.83. The van der Waals surface area contributed by atoms with Gasteiger partial charge in [-0.25, -0.2) is 0 Å². The number of amides is 2. The summed E-state index contributed by atoms with van der Waals surface area (Å²) in [6.45, 7) is 8.99. The van der Waals surface area contributed by atoms with Crippen LogP contribution >= 0.6 is 12.1 Å². The minimum atomic E-state index is -0.204. The molecule has 1 saturated heterocycles. The van der Waals surface area contributed by atoms with Crippen LogP contribution in [0.4, 0.5) is 0 Å². The van der Waals surface area contributed by atoms with E-state index in [0.29, 0.717) is 13.1 Å². The number of nitrogens with zero attached hydrogens (tertiary/aromatic N) is 3. The average molecular weight is 271 g/mol. The first kappa shape index (κ1) is 14.9. The van der Waals surface area contributed by atoms with Crippen LogP contribution in [-0.2, 0) is 9.59 Å². The molecule has 1 heterocycles. The summed E-state index contributed by atoms with van der Waals surface area (Å²) in [6, 6.07) is 0.248. The molecule has 18 heavy (non-hydrogen) atoms. The maximum atomic E-state index is 12.1. The summed E-state index contributed by atoms with van der Waals surface area (Å²) >= 11 is 1.20. The number of hydrogen-bond donors (Lipinski definition) is 0. The fourth-order valence-corrected chi connectivity index (χ4v) is 2.23. The number of hydrogen-bond acceptors (Lipinski definition) is 4. The van der Waals surface area contributed by atoms with Gasteiger partial charge in [-0.1, -0.05) is 0 Å². The largest absolute Gasteiger partial charge is 0.377 e. The van der Waals surface area contributed by atoms with Crippen molar-refractivity contribution in [3.8, 4) is 0 Å². The molecule has 0 bridgehead atoms. The molecule has 5 nitrogen and oxygen atoms in total. The summed E-state index contributed by atoms with van der Waals surface area (Å²) in [6.07, 6.45) is 1.65. The Hall–Kier alpha value is -1.17. The SMILES string of the molecule is CCN1SN(CC)C(=O)C(=CN(C)C(C)C)C1=O.